The van der Waals surface area contributed by atoms with Crippen LogP contribution in [0.5, 0.6) is 11.5 Å². The van der Waals surface area contributed by atoms with Gasteiger partial charge in [-0.05, 0) is 54.9 Å². The van der Waals surface area contributed by atoms with Crippen molar-refractivity contribution in [2.24, 2.45) is 7.05 Å². The number of aromatic amines is 1. The lowest BCUT2D eigenvalue weighted by atomic mass is 9.98. The van der Waals surface area contributed by atoms with Crippen LogP contribution in [0, 0.1) is 11.7 Å². The van der Waals surface area contributed by atoms with Crippen molar-refractivity contribution in [2.75, 3.05) is 0 Å². The minimum atomic E-state index is -0.0630. The summed E-state index contributed by atoms with van der Waals surface area (Å²) in [6.45, 7) is 5.91. The van der Waals surface area contributed by atoms with Crippen molar-refractivity contribution in [3.8, 4) is 28.6 Å². The first-order valence-corrected chi connectivity index (χ1v) is 9.36. The molecule has 8 heteroatoms. The van der Waals surface area contributed by atoms with E-state index in [0.29, 0.717) is 16.2 Å². The number of nitrogens with zero attached hydrogens (tertiary/aromatic N) is 4. The number of hydrogen-bond acceptors (Lipinski definition) is 5. The molecule has 3 N–H and O–H groups in total. The van der Waals surface area contributed by atoms with Gasteiger partial charge in [0.15, 0.2) is 10.6 Å². The molecule has 144 valence electrons. The highest BCUT2D eigenvalue weighted by Gasteiger charge is 2.19. The summed E-state index contributed by atoms with van der Waals surface area (Å²) in [7, 11) is 1.97. The number of hydrogen-bond donors (Lipinski definition) is 3. The Morgan fingerprint density at radius 1 is 1.11 bits per heavy atom. The zero-order valence-electron chi connectivity index (χ0n) is 16.1. The highest BCUT2D eigenvalue weighted by atomic mass is 32.1. The lowest BCUT2D eigenvalue weighted by Crippen LogP contribution is -1.99. The molecule has 0 amide bonds. The normalized spacial score (nSPS) is 11.6. The predicted molar refractivity (Wildman–Crippen MR) is 111 cm³/mol. The second-order valence-electron chi connectivity index (χ2n) is 7.16. The van der Waals surface area contributed by atoms with E-state index in [1.807, 2.05) is 50.6 Å². The summed E-state index contributed by atoms with van der Waals surface area (Å²) in [6, 6.07) is 8.97. The molecule has 0 saturated heterocycles. The highest BCUT2D eigenvalue weighted by Crippen LogP contribution is 2.38. The third kappa shape index (κ3) is 2.77. The zero-order valence-corrected chi connectivity index (χ0v) is 16.9. The molecule has 0 fully saturated rings. The molecule has 2 heterocycles. The van der Waals surface area contributed by atoms with Crippen LogP contribution < -0.4 is 0 Å². The van der Waals surface area contributed by atoms with Crippen LogP contribution in [0.4, 0.5) is 0 Å². The molecule has 0 radical (unpaired) electrons. The molecule has 0 saturated carbocycles. The van der Waals surface area contributed by atoms with Gasteiger partial charge in [0, 0.05) is 13.1 Å². The Labute approximate surface area is 166 Å². The van der Waals surface area contributed by atoms with Gasteiger partial charge in [-0.3, -0.25) is 9.67 Å². The number of aromatic hydroxyl groups is 2. The molecule has 0 unspecified atom stereocenters. The largest absolute Gasteiger partial charge is 0.508 e. The van der Waals surface area contributed by atoms with Crippen molar-refractivity contribution >= 4 is 23.3 Å². The van der Waals surface area contributed by atoms with Crippen LogP contribution in [0.25, 0.3) is 28.1 Å². The van der Waals surface area contributed by atoms with Gasteiger partial charge in [-0.15, -0.1) is 0 Å². The van der Waals surface area contributed by atoms with Crippen molar-refractivity contribution in [1.82, 2.24) is 24.3 Å². The number of aryl methyl sites for hydroxylation is 2. The van der Waals surface area contributed by atoms with E-state index in [2.05, 4.69) is 15.2 Å². The molecule has 0 bridgehead atoms. The molecule has 0 aliphatic carbocycles. The predicted octanol–water partition coefficient (Wildman–Crippen LogP) is 4.33. The quantitative estimate of drug-likeness (QED) is 0.449. The van der Waals surface area contributed by atoms with Crippen molar-refractivity contribution in [3.05, 3.63) is 46.5 Å². The van der Waals surface area contributed by atoms with Crippen LogP contribution in [-0.4, -0.2) is 34.5 Å². The Bertz CT molecular complexity index is 1270. The van der Waals surface area contributed by atoms with Gasteiger partial charge in [-0.2, -0.15) is 5.10 Å². The number of benzene rings is 2. The number of imidazole rings is 1. The maximum atomic E-state index is 10.5. The van der Waals surface area contributed by atoms with Crippen molar-refractivity contribution in [1.29, 1.82) is 0 Å². The average molecular weight is 395 g/mol. The summed E-state index contributed by atoms with van der Waals surface area (Å²) >= 11 is 5.45. The molecule has 4 rings (SSSR count). The Morgan fingerprint density at radius 2 is 1.86 bits per heavy atom. The second kappa shape index (κ2) is 6.49. The number of aromatic nitrogens is 5. The van der Waals surface area contributed by atoms with Crippen LogP contribution in [-0.2, 0) is 7.05 Å². The SMILES string of the molecule is Cc1nc2cc(-n3c(-c4cc(C(C)C)c(O)cc4O)n[nH]c3=S)ccc2n1C. The number of phenolic OH excluding ortho intramolecular Hbond substituents is 2. The van der Waals surface area contributed by atoms with E-state index in [-0.39, 0.29) is 17.4 Å². The van der Waals surface area contributed by atoms with E-state index in [0.717, 1.165) is 28.1 Å². The van der Waals surface area contributed by atoms with Gasteiger partial charge in [0.1, 0.15) is 17.3 Å². The van der Waals surface area contributed by atoms with Crippen LogP contribution in [0.15, 0.2) is 30.3 Å². The summed E-state index contributed by atoms with van der Waals surface area (Å²) in [5.74, 6) is 1.47. The molecule has 28 heavy (non-hydrogen) atoms. The number of nitrogens with one attached hydrogen (secondary N) is 1. The van der Waals surface area contributed by atoms with E-state index < -0.39 is 0 Å². The van der Waals surface area contributed by atoms with Gasteiger partial charge < -0.3 is 14.8 Å². The molecular weight excluding hydrogens is 374 g/mol. The van der Waals surface area contributed by atoms with Crippen molar-refractivity contribution in [3.63, 3.8) is 0 Å². The zero-order chi connectivity index (χ0) is 20.2. The maximum Gasteiger partial charge on any atom is 0.200 e. The van der Waals surface area contributed by atoms with E-state index in [1.165, 1.54) is 6.07 Å². The fourth-order valence-electron chi connectivity index (χ4n) is 3.40. The summed E-state index contributed by atoms with van der Waals surface area (Å²) < 4.78 is 4.19. The topological polar surface area (TPSA) is 91.9 Å². The second-order valence-corrected chi connectivity index (χ2v) is 7.55. The molecule has 4 aromatic rings. The molecule has 2 aromatic carbocycles. The van der Waals surface area contributed by atoms with Crippen LogP contribution in [0.3, 0.4) is 0 Å². The fourth-order valence-corrected chi connectivity index (χ4v) is 3.64. The molecule has 0 atom stereocenters. The van der Waals surface area contributed by atoms with E-state index in [4.69, 9.17) is 12.2 Å². The molecule has 0 spiro atoms. The summed E-state index contributed by atoms with van der Waals surface area (Å²) in [4.78, 5) is 4.58. The number of rotatable bonds is 3. The van der Waals surface area contributed by atoms with Gasteiger partial charge in [0.05, 0.1) is 22.3 Å². The summed E-state index contributed by atoms with van der Waals surface area (Å²) in [5.41, 5.74) is 3.88. The first kappa shape index (κ1) is 18.2. The molecule has 0 aliphatic heterocycles. The Balaban J connectivity index is 1.95. The molecule has 7 nitrogen and oxygen atoms in total. The standard InChI is InChI=1S/C20H21N5O2S/c1-10(2)13-8-14(18(27)9-17(13)26)19-22-23-20(28)25(19)12-5-6-16-15(7-12)21-11(3)24(16)4/h5-10,26-27H,1-4H3,(H,23,28). The van der Waals surface area contributed by atoms with Gasteiger partial charge >= 0.3 is 0 Å². The number of fused-ring (bicyclic) bond motifs is 1. The third-order valence-electron chi connectivity index (χ3n) is 5.03. The van der Waals surface area contributed by atoms with Crippen LogP contribution >= 0.6 is 12.2 Å². The molecule has 0 aliphatic rings. The number of H-pyrrole nitrogens is 1. The van der Waals surface area contributed by atoms with Gasteiger partial charge in [0.25, 0.3) is 0 Å². The smallest absolute Gasteiger partial charge is 0.200 e. The Hall–Kier alpha value is -3.13. The molecular formula is C20H21N5O2S. The van der Waals surface area contributed by atoms with Gasteiger partial charge in [0.2, 0.25) is 0 Å². The lowest BCUT2D eigenvalue weighted by molar-refractivity contribution is 0.444. The summed E-state index contributed by atoms with van der Waals surface area (Å²) in [6.07, 6.45) is 0. The monoisotopic (exact) mass is 395 g/mol. The first-order valence-electron chi connectivity index (χ1n) is 8.95. The van der Waals surface area contributed by atoms with E-state index in [1.54, 1.807) is 10.6 Å². The minimum Gasteiger partial charge on any atom is -0.508 e. The lowest BCUT2D eigenvalue weighted by Gasteiger charge is -2.13. The highest BCUT2D eigenvalue weighted by molar-refractivity contribution is 7.71. The first-order chi connectivity index (χ1) is 13.3. The average Bonchev–Trinajstić information content (AvgIpc) is 3.14. The van der Waals surface area contributed by atoms with Crippen molar-refractivity contribution in [2.45, 2.75) is 26.7 Å². The van der Waals surface area contributed by atoms with Gasteiger partial charge in [-0.1, -0.05) is 13.8 Å². The third-order valence-corrected chi connectivity index (χ3v) is 5.30. The van der Waals surface area contributed by atoms with Crippen molar-refractivity contribution < 1.29 is 10.2 Å². The van der Waals surface area contributed by atoms with Gasteiger partial charge in [-0.25, -0.2) is 4.98 Å². The van der Waals surface area contributed by atoms with E-state index in [9.17, 15) is 10.2 Å². The van der Waals surface area contributed by atoms with E-state index >= 15 is 0 Å². The maximum absolute atomic E-state index is 10.5. The number of phenols is 2. The fraction of sp³-hybridized carbons (Fsp3) is 0.250. The Kier molecular flexibility index (Phi) is 4.23. The minimum absolute atomic E-state index is 0.0577. The van der Waals surface area contributed by atoms with Crippen LogP contribution in [0.2, 0.25) is 0 Å². The van der Waals surface area contributed by atoms with Crippen LogP contribution in [0.1, 0.15) is 31.2 Å². The summed E-state index contributed by atoms with van der Waals surface area (Å²) in [5, 5.41) is 27.8. The Morgan fingerprint density at radius 3 is 2.57 bits per heavy atom. The molecule has 2 aromatic heterocycles.